The summed E-state index contributed by atoms with van der Waals surface area (Å²) in [5.41, 5.74) is 0. The van der Waals surface area contributed by atoms with Crippen molar-refractivity contribution in [3.63, 3.8) is 0 Å². The van der Waals surface area contributed by atoms with Gasteiger partial charge in [0, 0.05) is 0 Å². The largest absolute Gasteiger partial charge is 0.481 e. The molecule has 84 valence electrons. The summed E-state index contributed by atoms with van der Waals surface area (Å²) in [6.45, 7) is 4.30. The number of hydrogen-bond acceptors (Lipinski definition) is 4. The lowest BCUT2D eigenvalue weighted by Gasteiger charge is -2.11. The average Bonchev–Trinajstić information content (AvgIpc) is 2.96. The van der Waals surface area contributed by atoms with E-state index in [0.717, 1.165) is 0 Å². The van der Waals surface area contributed by atoms with E-state index in [9.17, 15) is 9.59 Å². The molecule has 1 fully saturated rings. The highest BCUT2D eigenvalue weighted by Gasteiger charge is 2.27. The number of esters is 1. The monoisotopic (exact) mass is 214 g/mol. The molecule has 1 heterocycles. The Morgan fingerprint density at radius 1 is 1.67 bits per heavy atom. The van der Waals surface area contributed by atoms with Gasteiger partial charge in [-0.05, 0) is 6.42 Å². The standard InChI is InChI=1S/C10H14O5/c1-2-3-7(4-9(11)12)10(13)15-6-8-5-14-8/h2,7-8H,1,3-6H2,(H,11,12). The molecule has 1 N–H and O–H groups in total. The minimum Gasteiger partial charge on any atom is -0.481 e. The van der Waals surface area contributed by atoms with Crippen LogP contribution in [0.15, 0.2) is 12.7 Å². The van der Waals surface area contributed by atoms with Gasteiger partial charge < -0.3 is 14.6 Å². The molecule has 15 heavy (non-hydrogen) atoms. The van der Waals surface area contributed by atoms with Gasteiger partial charge in [0.15, 0.2) is 0 Å². The molecule has 1 aliphatic rings. The third kappa shape index (κ3) is 4.60. The Kier molecular flexibility index (Phi) is 4.30. The van der Waals surface area contributed by atoms with E-state index in [1.54, 1.807) is 0 Å². The molecule has 0 bridgehead atoms. The predicted molar refractivity (Wildman–Crippen MR) is 51.3 cm³/mol. The van der Waals surface area contributed by atoms with Crippen LogP contribution in [-0.4, -0.2) is 36.4 Å². The average molecular weight is 214 g/mol. The number of rotatable bonds is 7. The van der Waals surface area contributed by atoms with Gasteiger partial charge in [-0.2, -0.15) is 0 Å². The third-order valence-electron chi connectivity index (χ3n) is 2.02. The molecule has 1 aliphatic heterocycles. The Morgan fingerprint density at radius 2 is 2.33 bits per heavy atom. The SMILES string of the molecule is C=CCC(CC(=O)O)C(=O)OCC1CO1. The lowest BCUT2D eigenvalue weighted by atomic mass is 10.0. The maximum atomic E-state index is 11.4. The van der Waals surface area contributed by atoms with Crippen LogP contribution in [0.3, 0.4) is 0 Å². The minimum atomic E-state index is -1.01. The highest BCUT2D eigenvalue weighted by atomic mass is 16.6. The van der Waals surface area contributed by atoms with Crippen molar-refractivity contribution < 1.29 is 24.2 Å². The quantitative estimate of drug-likeness (QED) is 0.381. The van der Waals surface area contributed by atoms with Gasteiger partial charge in [-0.25, -0.2) is 0 Å². The topological polar surface area (TPSA) is 76.1 Å². The van der Waals surface area contributed by atoms with Crippen LogP contribution in [0.25, 0.3) is 0 Å². The van der Waals surface area contributed by atoms with Gasteiger partial charge >= 0.3 is 11.9 Å². The van der Waals surface area contributed by atoms with Crippen LogP contribution in [0.5, 0.6) is 0 Å². The molecule has 0 saturated carbocycles. The van der Waals surface area contributed by atoms with E-state index in [1.807, 2.05) is 0 Å². The highest BCUT2D eigenvalue weighted by molar-refractivity contribution is 5.79. The van der Waals surface area contributed by atoms with E-state index in [1.165, 1.54) is 6.08 Å². The molecular weight excluding hydrogens is 200 g/mol. The summed E-state index contributed by atoms with van der Waals surface area (Å²) in [6, 6.07) is 0. The summed E-state index contributed by atoms with van der Waals surface area (Å²) in [5, 5.41) is 8.58. The molecule has 0 aliphatic carbocycles. The van der Waals surface area contributed by atoms with Crippen LogP contribution in [0.2, 0.25) is 0 Å². The fraction of sp³-hybridized carbons (Fsp3) is 0.600. The Bertz CT molecular complexity index is 257. The molecule has 0 aromatic rings. The normalized spacial score (nSPS) is 20.4. The van der Waals surface area contributed by atoms with Crippen LogP contribution in [0.4, 0.5) is 0 Å². The number of ether oxygens (including phenoxy) is 2. The van der Waals surface area contributed by atoms with Gasteiger partial charge in [-0.1, -0.05) is 6.08 Å². The zero-order valence-corrected chi connectivity index (χ0v) is 8.35. The van der Waals surface area contributed by atoms with Gasteiger partial charge in [0.2, 0.25) is 0 Å². The summed E-state index contributed by atoms with van der Waals surface area (Å²) in [4.78, 5) is 21.9. The van der Waals surface area contributed by atoms with Crippen LogP contribution in [0, 0.1) is 5.92 Å². The molecule has 0 amide bonds. The molecule has 0 aromatic carbocycles. The third-order valence-corrected chi connectivity index (χ3v) is 2.02. The molecule has 2 atom stereocenters. The molecular formula is C10H14O5. The lowest BCUT2D eigenvalue weighted by Crippen LogP contribution is -2.22. The minimum absolute atomic E-state index is 0.00293. The first-order chi connectivity index (χ1) is 7.13. The van der Waals surface area contributed by atoms with Crippen LogP contribution in [0.1, 0.15) is 12.8 Å². The highest BCUT2D eigenvalue weighted by Crippen LogP contribution is 2.14. The van der Waals surface area contributed by atoms with Crippen molar-refractivity contribution in [2.75, 3.05) is 13.2 Å². The van der Waals surface area contributed by atoms with Crippen molar-refractivity contribution >= 4 is 11.9 Å². The molecule has 0 aromatic heterocycles. The number of carboxylic acid groups (broad SMARTS) is 1. The lowest BCUT2D eigenvalue weighted by molar-refractivity contribution is -0.153. The summed E-state index contributed by atoms with van der Waals surface area (Å²) >= 11 is 0. The molecule has 1 rings (SSSR count). The van der Waals surface area contributed by atoms with Crippen LogP contribution in [-0.2, 0) is 19.1 Å². The van der Waals surface area contributed by atoms with Gasteiger partial charge in [0.05, 0.1) is 18.9 Å². The van der Waals surface area contributed by atoms with Gasteiger partial charge in [-0.15, -0.1) is 6.58 Å². The fourth-order valence-electron chi connectivity index (χ4n) is 1.13. The smallest absolute Gasteiger partial charge is 0.309 e. The van der Waals surface area contributed by atoms with Crippen molar-refractivity contribution in [1.82, 2.24) is 0 Å². The van der Waals surface area contributed by atoms with Gasteiger partial charge in [0.25, 0.3) is 0 Å². The number of allylic oxidation sites excluding steroid dienone is 1. The molecule has 0 spiro atoms. The first-order valence-electron chi connectivity index (χ1n) is 4.74. The van der Waals surface area contributed by atoms with E-state index in [0.29, 0.717) is 13.0 Å². The molecule has 1 saturated heterocycles. The van der Waals surface area contributed by atoms with E-state index in [4.69, 9.17) is 14.6 Å². The fourth-order valence-corrected chi connectivity index (χ4v) is 1.13. The van der Waals surface area contributed by atoms with E-state index in [2.05, 4.69) is 6.58 Å². The van der Waals surface area contributed by atoms with Crippen LogP contribution < -0.4 is 0 Å². The van der Waals surface area contributed by atoms with Crippen LogP contribution >= 0.6 is 0 Å². The molecule has 5 heteroatoms. The summed E-state index contributed by atoms with van der Waals surface area (Å²) in [5.74, 6) is -2.15. The molecule has 2 unspecified atom stereocenters. The van der Waals surface area contributed by atoms with Gasteiger partial charge in [-0.3, -0.25) is 9.59 Å². The van der Waals surface area contributed by atoms with Crippen molar-refractivity contribution in [1.29, 1.82) is 0 Å². The Hall–Kier alpha value is -1.36. The number of carboxylic acids is 1. The Balaban J connectivity index is 2.33. The second-order valence-corrected chi connectivity index (χ2v) is 3.40. The number of carbonyl (C=O) groups is 2. The zero-order chi connectivity index (χ0) is 11.3. The predicted octanol–water partition coefficient (Wildman–Crippen LogP) is 0.595. The van der Waals surface area contributed by atoms with Crippen molar-refractivity contribution in [3.05, 3.63) is 12.7 Å². The second-order valence-electron chi connectivity index (χ2n) is 3.40. The zero-order valence-electron chi connectivity index (χ0n) is 8.35. The molecule has 5 nitrogen and oxygen atoms in total. The van der Waals surface area contributed by atoms with Crippen molar-refractivity contribution in [2.24, 2.45) is 5.92 Å². The van der Waals surface area contributed by atoms with E-state index >= 15 is 0 Å². The summed E-state index contributed by atoms with van der Waals surface area (Å²) in [6.07, 6.45) is 1.61. The maximum Gasteiger partial charge on any atom is 0.309 e. The number of epoxide rings is 1. The van der Waals surface area contributed by atoms with E-state index < -0.39 is 17.9 Å². The second kappa shape index (κ2) is 5.50. The maximum absolute atomic E-state index is 11.4. The van der Waals surface area contributed by atoms with Gasteiger partial charge in [0.1, 0.15) is 12.7 Å². The van der Waals surface area contributed by atoms with Crippen molar-refractivity contribution in [2.45, 2.75) is 18.9 Å². The van der Waals surface area contributed by atoms with Crippen molar-refractivity contribution in [3.8, 4) is 0 Å². The first kappa shape index (κ1) is 11.7. The Labute approximate surface area is 87.7 Å². The summed E-state index contributed by atoms with van der Waals surface area (Å²) < 4.78 is 9.77. The Morgan fingerprint density at radius 3 is 2.80 bits per heavy atom. The number of carbonyl (C=O) groups excluding carboxylic acids is 1. The van der Waals surface area contributed by atoms with E-state index in [-0.39, 0.29) is 19.1 Å². The summed E-state index contributed by atoms with van der Waals surface area (Å²) in [7, 11) is 0. The molecule has 0 radical (unpaired) electrons. The number of hydrogen-bond donors (Lipinski definition) is 1. The number of aliphatic carboxylic acids is 1. The first-order valence-corrected chi connectivity index (χ1v) is 4.74.